The van der Waals surface area contributed by atoms with Gasteiger partial charge in [0.25, 0.3) is 6.43 Å². The van der Waals surface area contributed by atoms with E-state index in [1.165, 1.54) is 12.2 Å². The van der Waals surface area contributed by atoms with Gasteiger partial charge < -0.3 is 5.11 Å². The molecule has 90 valence electrons. The molecule has 0 heterocycles. The molecule has 1 aliphatic rings. The van der Waals surface area contributed by atoms with Gasteiger partial charge in [-0.25, -0.2) is 8.78 Å². The second kappa shape index (κ2) is 5.32. The molecule has 16 heavy (non-hydrogen) atoms. The van der Waals surface area contributed by atoms with Crippen LogP contribution < -0.4 is 0 Å². The summed E-state index contributed by atoms with van der Waals surface area (Å²) in [5.74, 6) is -0.101. The number of rotatable bonds is 4. The Morgan fingerprint density at radius 1 is 1.56 bits per heavy atom. The molecule has 1 aliphatic carbocycles. The summed E-state index contributed by atoms with van der Waals surface area (Å²) in [6, 6.07) is -0.150. The molecule has 1 N–H and O–H groups in total. The van der Waals surface area contributed by atoms with Crippen molar-refractivity contribution < 1.29 is 13.9 Å². The quantitative estimate of drug-likeness (QED) is 0.589. The second-order valence-corrected chi connectivity index (χ2v) is 3.87. The zero-order valence-electron chi connectivity index (χ0n) is 9.35. The minimum atomic E-state index is -2.45. The van der Waals surface area contributed by atoms with Gasteiger partial charge in [0.1, 0.15) is 0 Å². The fourth-order valence-electron chi connectivity index (χ4n) is 1.78. The molecule has 5 heteroatoms. The molecule has 0 aliphatic heterocycles. The molecule has 0 saturated carbocycles. The van der Waals surface area contributed by atoms with Gasteiger partial charge in [0, 0.05) is 11.6 Å². The molecule has 3 nitrogen and oxygen atoms in total. The van der Waals surface area contributed by atoms with Crippen molar-refractivity contribution in [3.05, 3.63) is 23.8 Å². The van der Waals surface area contributed by atoms with E-state index in [4.69, 9.17) is 0 Å². The van der Waals surface area contributed by atoms with E-state index >= 15 is 0 Å². The van der Waals surface area contributed by atoms with Crippen molar-refractivity contribution in [3.63, 3.8) is 0 Å². The summed E-state index contributed by atoms with van der Waals surface area (Å²) in [5, 5.41) is 9.47. The maximum absolute atomic E-state index is 12.4. The first-order valence-electron chi connectivity index (χ1n) is 5.01. The summed E-state index contributed by atoms with van der Waals surface area (Å²) >= 11 is 0. The van der Waals surface area contributed by atoms with E-state index in [9.17, 15) is 13.9 Å². The number of likely N-dealkylation sites (N-methyl/N-ethyl adjacent to an activating group) is 1. The molecule has 3 unspecified atom stereocenters. The molecule has 0 fully saturated rings. The highest BCUT2D eigenvalue weighted by Gasteiger charge is 2.26. The average molecular weight is 230 g/mol. The predicted molar refractivity (Wildman–Crippen MR) is 59.5 cm³/mol. The molecular weight excluding hydrogens is 214 g/mol. The Morgan fingerprint density at radius 3 is 2.62 bits per heavy atom. The Balaban J connectivity index is 2.75. The lowest BCUT2D eigenvalue weighted by Gasteiger charge is -2.33. The maximum atomic E-state index is 12.4. The van der Waals surface area contributed by atoms with Crippen LogP contribution in [0.5, 0.6) is 0 Å². The number of nitrogens with zero attached hydrogens (tertiary/aromatic N) is 2. The number of hydrogen-bond donors (Lipinski definition) is 1. The van der Waals surface area contributed by atoms with Gasteiger partial charge in [-0.2, -0.15) is 0 Å². The number of aliphatic imine (C=N–C) groups is 1. The third-order valence-electron chi connectivity index (χ3n) is 2.73. The van der Waals surface area contributed by atoms with Crippen molar-refractivity contribution in [1.29, 1.82) is 0 Å². The summed E-state index contributed by atoms with van der Waals surface area (Å²) in [5.41, 5.74) is 0.0261. The lowest BCUT2D eigenvalue weighted by Crippen LogP contribution is -2.42. The Kier molecular flexibility index (Phi) is 4.32. The topological polar surface area (TPSA) is 35.8 Å². The van der Waals surface area contributed by atoms with Crippen LogP contribution in [0.4, 0.5) is 8.78 Å². The highest BCUT2D eigenvalue weighted by molar-refractivity contribution is 5.29. The monoisotopic (exact) mass is 230 g/mol. The Morgan fingerprint density at radius 2 is 2.19 bits per heavy atom. The van der Waals surface area contributed by atoms with Crippen LogP contribution in [0.2, 0.25) is 0 Å². The van der Waals surface area contributed by atoms with Crippen molar-refractivity contribution in [2.24, 2.45) is 10.9 Å². The molecule has 0 aromatic rings. The van der Waals surface area contributed by atoms with Crippen LogP contribution in [0.1, 0.15) is 6.92 Å². The molecule has 1 rings (SSSR count). The van der Waals surface area contributed by atoms with Crippen molar-refractivity contribution >= 4 is 6.72 Å². The second-order valence-electron chi connectivity index (χ2n) is 3.87. The molecule has 0 saturated heterocycles. The Bertz CT molecular complexity index is 315. The molecule has 0 bridgehead atoms. The van der Waals surface area contributed by atoms with E-state index in [0.29, 0.717) is 0 Å². The number of halogens is 2. The van der Waals surface area contributed by atoms with Crippen LogP contribution in [-0.2, 0) is 0 Å². The van der Waals surface area contributed by atoms with Gasteiger partial charge in [-0.1, -0.05) is 25.2 Å². The van der Waals surface area contributed by atoms with E-state index in [1.807, 2.05) is 6.92 Å². The number of aliphatic hydroxyl groups excluding tert-OH is 1. The molecular formula is C11H16F2N2O. The molecule has 0 spiro atoms. The standard InChI is InChI=1S/C11H16F2N2O/c1-7-6-8(10(12)13)4-5-9(7)15(3)11(16)14-2/h4-7,9-11,16H,2H2,1,3H3. The van der Waals surface area contributed by atoms with Crippen molar-refractivity contribution in [1.82, 2.24) is 4.90 Å². The first kappa shape index (κ1) is 13.0. The average Bonchev–Trinajstić information content (AvgIpc) is 2.26. The number of aliphatic hydroxyl groups is 1. The third kappa shape index (κ3) is 2.74. The molecule has 0 aromatic carbocycles. The lowest BCUT2D eigenvalue weighted by atomic mass is 9.92. The van der Waals surface area contributed by atoms with Crippen molar-refractivity contribution in [2.45, 2.75) is 25.7 Å². The zero-order valence-corrected chi connectivity index (χ0v) is 9.35. The number of hydrogen-bond acceptors (Lipinski definition) is 3. The van der Waals surface area contributed by atoms with Gasteiger partial charge in [-0.05, 0) is 19.7 Å². The summed E-state index contributed by atoms with van der Waals surface area (Å²) in [6.07, 6.45) is 1.09. The van der Waals surface area contributed by atoms with E-state index in [-0.39, 0.29) is 17.5 Å². The first-order valence-corrected chi connectivity index (χ1v) is 5.01. The highest BCUT2D eigenvalue weighted by Crippen LogP contribution is 2.25. The van der Waals surface area contributed by atoms with Crippen LogP contribution in [-0.4, -0.2) is 42.6 Å². The molecule has 3 atom stereocenters. The summed E-state index contributed by atoms with van der Waals surface area (Å²) in [6.45, 7) is 5.07. The normalized spacial score (nSPS) is 27.1. The van der Waals surface area contributed by atoms with Gasteiger partial charge in [0.2, 0.25) is 6.35 Å². The Hall–Kier alpha value is -1.07. The van der Waals surface area contributed by atoms with Gasteiger partial charge >= 0.3 is 0 Å². The lowest BCUT2D eigenvalue weighted by molar-refractivity contribution is 0.00493. The van der Waals surface area contributed by atoms with Crippen molar-refractivity contribution in [2.75, 3.05) is 7.05 Å². The van der Waals surface area contributed by atoms with Crippen LogP contribution in [0.25, 0.3) is 0 Å². The van der Waals surface area contributed by atoms with Gasteiger partial charge in [0.15, 0.2) is 0 Å². The minimum absolute atomic E-state index is 0.0261. The Labute approximate surface area is 93.8 Å². The first-order chi connectivity index (χ1) is 7.47. The van der Waals surface area contributed by atoms with Crippen molar-refractivity contribution in [3.8, 4) is 0 Å². The maximum Gasteiger partial charge on any atom is 0.263 e. The van der Waals surface area contributed by atoms with Gasteiger partial charge in [-0.15, -0.1) is 0 Å². The van der Waals surface area contributed by atoms with Crippen LogP contribution >= 0.6 is 0 Å². The van der Waals surface area contributed by atoms with E-state index in [0.717, 1.165) is 0 Å². The largest absolute Gasteiger partial charge is 0.359 e. The van der Waals surface area contributed by atoms with Crippen LogP contribution in [0.3, 0.4) is 0 Å². The van der Waals surface area contributed by atoms with Crippen LogP contribution in [0.15, 0.2) is 28.8 Å². The predicted octanol–water partition coefficient (Wildman–Crippen LogP) is 1.66. The molecule has 0 aromatic heterocycles. The summed E-state index contributed by atoms with van der Waals surface area (Å²) in [4.78, 5) is 5.06. The minimum Gasteiger partial charge on any atom is -0.359 e. The summed E-state index contributed by atoms with van der Waals surface area (Å²) in [7, 11) is 1.67. The van der Waals surface area contributed by atoms with E-state index in [2.05, 4.69) is 11.7 Å². The zero-order chi connectivity index (χ0) is 12.3. The van der Waals surface area contributed by atoms with Gasteiger partial charge in [-0.3, -0.25) is 9.89 Å². The number of alkyl halides is 2. The smallest absolute Gasteiger partial charge is 0.263 e. The van der Waals surface area contributed by atoms with Crippen LogP contribution in [0, 0.1) is 5.92 Å². The third-order valence-corrected chi connectivity index (χ3v) is 2.73. The fraction of sp³-hybridized carbons (Fsp3) is 0.545. The number of allylic oxidation sites excluding steroid dienone is 2. The van der Waals surface area contributed by atoms with Gasteiger partial charge in [0.05, 0.1) is 0 Å². The molecule has 0 amide bonds. The molecule has 0 radical (unpaired) electrons. The van der Waals surface area contributed by atoms with E-state index < -0.39 is 12.8 Å². The SMILES string of the molecule is C=NC(O)N(C)C1C=CC(C(F)F)=CC1C. The summed E-state index contributed by atoms with van der Waals surface area (Å²) < 4.78 is 24.9. The fourth-order valence-corrected chi connectivity index (χ4v) is 1.78. The highest BCUT2D eigenvalue weighted by atomic mass is 19.3. The van der Waals surface area contributed by atoms with E-state index in [1.54, 1.807) is 18.0 Å².